The lowest BCUT2D eigenvalue weighted by atomic mass is 10.3. The summed E-state index contributed by atoms with van der Waals surface area (Å²) in [6, 6.07) is 4.38. The molecule has 2 rings (SSSR count). The minimum Gasteiger partial charge on any atom is -0.478 e. The van der Waals surface area contributed by atoms with Gasteiger partial charge in [0.15, 0.2) is 17.7 Å². The average Bonchev–Trinajstić information content (AvgIpc) is 3.26. The van der Waals surface area contributed by atoms with Crippen LogP contribution in [0.2, 0.25) is 0 Å². The molecule has 1 N–H and O–H groups in total. The Kier molecular flexibility index (Phi) is 5.76. The second-order valence-electron chi connectivity index (χ2n) is 5.24. The van der Waals surface area contributed by atoms with Crippen molar-refractivity contribution in [2.24, 2.45) is 11.1 Å². The number of nitrogens with zero attached hydrogens (tertiary/aromatic N) is 1. The number of hydrogen-bond acceptors (Lipinski definition) is 4. The molecule has 0 spiro atoms. The van der Waals surface area contributed by atoms with E-state index < -0.39 is 17.8 Å². The van der Waals surface area contributed by atoms with E-state index in [0.717, 1.165) is 0 Å². The van der Waals surface area contributed by atoms with Crippen molar-refractivity contribution in [3.8, 4) is 5.75 Å². The van der Waals surface area contributed by atoms with E-state index in [0.29, 0.717) is 22.8 Å². The lowest BCUT2D eigenvalue weighted by molar-refractivity contribution is -0.125. The van der Waals surface area contributed by atoms with Crippen molar-refractivity contribution in [1.29, 1.82) is 0 Å². The predicted octanol–water partition coefficient (Wildman–Crippen LogP) is 3.23. The predicted molar refractivity (Wildman–Crippen MR) is 84.1 cm³/mol. The molecule has 1 aliphatic carbocycles. The van der Waals surface area contributed by atoms with Crippen molar-refractivity contribution in [1.82, 2.24) is 5.32 Å². The number of carbonyl (C=O) groups excluding carboxylic acids is 1. The van der Waals surface area contributed by atoms with Gasteiger partial charge in [-0.3, -0.25) is 4.79 Å². The number of rotatable bonds is 6. The summed E-state index contributed by atoms with van der Waals surface area (Å²) in [5.41, 5.74) is 0. The Morgan fingerprint density at radius 3 is 2.91 bits per heavy atom. The third-order valence-electron chi connectivity index (χ3n) is 3.08. The lowest BCUT2D eigenvalue weighted by Crippen LogP contribution is -2.39. The van der Waals surface area contributed by atoms with E-state index in [9.17, 15) is 9.18 Å². The zero-order valence-electron chi connectivity index (χ0n) is 12.4. The topological polar surface area (TPSA) is 59.9 Å². The molecule has 1 amide bonds. The van der Waals surface area contributed by atoms with E-state index in [1.54, 1.807) is 13.0 Å². The molecule has 7 heteroatoms. The van der Waals surface area contributed by atoms with Crippen LogP contribution < -0.4 is 10.1 Å². The summed E-state index contributed by atoms with van der Waals surface area (Å²) in [5, 5.41) is 6.37. The number of benzene rings is 1. The van der Waals surface area contributed by atoms with Crippen molar-refractivity contribution < 1.29 is 18.8 Å². The SMILES string of the molecule is CC(=NOCC1CC1)NC(=O)C(C)Oc1ccc(Br)cc1F. The summed E-state index contributed by atoms with van der Waals surface area (Å²) < 4.78 is 19.6. The first-order valence-corrected chi connectivity index (χ1v) is 7.84. The van der Waals surface area contributed by atoms with E-state index in [1.165, 1.54) is 31.9 Å². The van der Waals surface area contributed by atoms with Gasteiger partial charge in [-0.25, -0.2) is 4.39 Å². The van der Waals surface area contributed by atoms with Gasteiger partial charge in [-0.15, -0.1) is 0 Å². The van der Waals surface area contributed by atoms with Gasteiger partial charge in [0.25, 0.3) is 5.91 Å². The second kappa shape index (κ2) is 7.58. The highest BCUT2D eigenvalue weighted by Crippen LogP contribution is 2.28. The molecule has 0 saturated heterocycles. The van der Waals surface area contributed by atoms with Crippen LogP contribution in [-0.2, 0) is 9.63 Å². The molecule has 5 nitrogen and oxygen atoms in total. The van der Waals surface area contributed by atoms with Gasteiger partial charge in [-0.05, 0) is 50.8 Å². The van der Waals surface area contributed by atoms with Crippen molar-refractivity contribution in [2.75, 3.05) is 6.61 Å². The van der Waals surface area contributed by atoms with Gasteiger partial charge in [0.1, 0.15) is 12.4 Å². The molecule has 0 aliphatic heterocycles. The van der Waals surface area contributed by atoms with Crippen LogP contribution in [-0.4, -0.2) is 24.5 Å². The molecular weight excluding hydrogens is 355 g/mol. The molecule has 0 heterocycles. The zero-order chi connectivity index (χ0) is 16.1. The molecule has 0 bridgehead atoms. The molecule has 1 aromatic carbocycles. The molecule has 0 radical (unpaired) electrons. The van der Waals surface area contributed by atoms with E-state index in [1.807, 2.05) is 0 Å². The van der Waals surface area contributed by atoms with Gasteiger partial charge in [-0.1, -0.05) is 21.1 Å². The zero-order valence-corrected chi connectivity index (χ0v) is 14.0. The molecule has 1 fully saturated rings. The van der Waals surface area contributed by atoms with Crippen molar-refractivity contribution in [3.63, 3.8) is 0 Å². The highest BCUT2D eigenvalue weighted by molar-refractivity contribution is 9.10. The summed E-state index contributed by atoms with van der Waals surface area (Å²) in [6.07, 6.45) is 1.49. The minimum absolute atomic E-state index is 0.0189. The Labute approximate surface area is 137 Å². The Balaban J connectivity index is 1.82. The molecule has 1 saturated carbocycles. The Bertz CT molecular complexity index is 576. The van der Waals surface area contributed by atoms with Crippen LogP contribution in [0.5, 0.6) is 5.75 Å². The normalized spacial score (nSPS) is 16.1. The van der Waals surface area contributed by atoms with E-state index in [2.05, 4.69) is 26.4 Å². The number of oxime groups is 1. The Hall–Kier alpha value is -1.63. The first-order chi connectivity index (χ1) is 10.5. The van der Waals surface area contributed by atoms with E-state index >= 15 is 0 Å². The summed E-state index contributed by atoms with van der Waals surface area (Å²) in [4.78, 5) is 17.1. The summed E-state index contributed by atoms with van der Waals surface area (Å²) in [6.45, 7) is 3.73. The largest absolute Gasteiger partial charge is 0.478 e. The highest BCUT2D eigenvalue weighted by Gasteiger charge is 2.22. The molecule has 1 unspecified atom stereocenters. The maximum absolute atomic E-state index is 13.7. The first kappa shape index (κ1) is 16.7. The maximum Gasteiger partial charge on any atom is 0.266 e. The Morgan fingerprint density at radius 2 is 2.27 bits per heavy atom. The van der Waals surface area contributed by atoms with Gasteiger partial charge < -0.3 is 14.9 Å². The molecule has 1 aliphatic rings. The van der Waals surface area contributed by atoms with E-state index in [-0.39, 0.29) is 5.75 Å². The maximum atomic E-state index is 13.7. The average molecular weight is 373 g/mol. The molecule has 120 valence electrons. The fourth-order valence-electron chi connectivity index (χ4n) is 1.64. The van der Waals surface area contributed by atoms with Crippen LogP contribution in [0.15, 0.2) is 27.8 Å². The van der Waals surface area contributed by atoms with Gasteiger partial charge in [-0.2, -0.15) is 0 Å². The van der Waals surface area contributed by atoms with Crippen LogP contribution >= 0.6 is 15.9 Å². The van der Waals surface area contributed by atoms with Crippen LogP contribution in [0.4, 0.5) is 4.39 Å². The lowest BCUT2D eigenvalue weighted by Gasteiger charge is -2.15. The fraction of sp³-hybridized carbons (Fsp3) is 0.467. The first-order valence-electron chi connectivity index (χ1n) is 7.05. The third kappa shape index (κ3) is 5.29. The van der Waals surface area contributed by atoms with Gasteiger partial charge in [0, 0.05) is 4.47 Å². The van der Waals surface area contributed by atoms with Crippen LogP contribution in [0.1, 0.15) is 26.7 Å². The Morgan fingerprint density at radius 1 is 1.55 bits per heavy atom. The minimum atomic E-state index is -0.857. The molecule has 1 aromatic rings. The summed E-state index contributed by atoms with van der Waals surface area (Å²) in [7, 11) is 0. The number of nitrogens with one attached hydrogen (secondary N) is 1. The molecule has 22 heavy (non-hydrogen) atoms. The summed E-state index contributed by atoms with van der Waals surface area (Å²) >= 11 is 3.16. The van der Waals surface area contributed by atoms with Crippen molar-refractivity contribution in [2.45, 2.75) is 32.8 Å². The highest BCUT2D eigenvalue weighted by atomic mass is 79.9. The number of amides is 1. The monoisotopic (exact) mass is 372 g/mol. The smallest absolute Gasteiger partial charge is 0.266 e. The number of halogens is 2. The van der Waals surface area contributed by atoms with Crippen molar-refractivity contribution >= 4 is 27.7 Å². The number of hydrogen-bond donors (Lipinski definition) is 1. The quantitative estimate of drug-likeness (QED) is 0.473. The number of amidine groups is 1. The van der Waals surface area contributed by atoms with Crippen LogP contribution in [0.25, 0.3) is 0 Å². The third-order valence-corrected chi connectivity index (χ3v) is 3.57. The fourth-order valence-corrected chi connectivity index (χ4v) is 1.97. The second-order valence-corrected chi connectivity index (χ2v) is 6.16. The number of carbonyl (C=O) groups is 1. The van der Waals surface area contributed by atoms with E-state index in [4.69, 9.17) is 9.57 Å². The van der Waals surface area contributed by atoms with Gasteiger partial charge in [0.2, 0.25) is 0 Å². The number of ether oxygens (including phenoxy) is 1. The van der Waals surface area contributed by atoms with Crippen LogP contribution in [0.3, 0.4) is 0 Å². The summed E-state index contributed by atoms with van der Waals surface area (Å²) in [5.74, 6) is 0.00321. The van der Waals surface area contributed by atoms with Gasteiger partial charge >= 0.3 is 0 Å². The van der Waals surface area contributed by atoms with Crippen molar-refractivity contribution in [3.05, 3.63) is 28.5 Å². The molecule has 0 aromatic heterocycles. The molecular formula is C15H18BrFN2O3. The molecule has 1 atom stereocenters. The van der Waals surface area contributed by atoms with Crippen LogP contribution in [0, 0.1) is 11.7 Å². The standard InChI is InChI=1S/C15H18BrFN2O3/c1-9(22-14-6-5-12(16)7-13(14)17)15(20)18-10(2)19-21-8-11-3-4-11/h5-7,9,11H,3-4,8H2,1-2H3,(H,18,19,20). The van der Waals surface area contributed by atoms with Gasteiger partial charge in [0.05, 0.1) is 0 Å².